The summed E-state index contributed by atoms with van der Waals surface area (Å²) in [6.45, 7) is 0.653. The molecule has 1 amide bonds. The number of thiol groups is 1. The number of nitrogens with zero attached hydrogens (tertiary/aromatic N) is 1. The van der Waals surface area contributed by atoms with E-state index in [1.165, 1.54) is 7.11 Å². The first-order chi connectivity index (χ1) is 7.51. The van der Waals surface area contributed by atoms with Gasteiger partial charge in [0, 0.05) is 13.0 Å². The van der Waals surface area contributed by atoms with Crippen molar-refractivity contribution in [2.45, 2.75) is 18.9 Å². The maximum absolute atomic E-state index is 11.5. The Kier molecular flexibility index (Phi) is 8.01. The third-order valence-corrected chi connectivity index (χ3v) is 2.28. The van der Waals surface area contributed by atoms with Gasteiger partial charge < -0.3 is 15.0 Å². The molecule has 0 radical (unpaired) electrons. The first-order valence-electron chi connectivity index (χ1n) is 5.14. The van der Waals surface area contributed by atoms with Crippen molar-refractivity contribution < 1.29 is 14.3 Å². The van der Waals surface area contributed by atoms with Gasteiger partial charge in [0.1, 0.15) is 6.04 Å². The van der Waals surface area contributed by atoms with Gasteiger partial charge in [-0.2, -0.15) is 12.6 Å². The van der Waals surface area contributed by atoms with Gasteiger partial charge in [0.15, 0.2) is 0 Å². The zero-order valence-corrected chi connectivity index (χ0v) is 10.9. The molecule has 1 N–H and O–H groups in total. The first-order valence-corrected chi connectivity index (χ1v) is 5.77. The summed E-state index contributed by atoms with van der Waals surface area (Å²) in [6, 6.07) is -0.586. The highest BCUT2D eigenvalue weighted by atomic mass is 32.1. The Hall–Kier alpha value is -0.750. The van der Waals surface area contributed by atoms with Gasteiger partial charge in [-0.15, -0.1) is 0 Å². The minimum absolute atomic E-state index is 0.147. The van der Waals surface area contributed by atoms with E-state index in [9.17, 15) is 9.59 Å². The summed E-state index contributed by atoms with van der Waals surface area (Å²) in [5, 5.41) is 2.63. The van der Waals surface area contributed by atoms with Crippen molar-refractivity contribution >= 4 is 24.5 Å². The fourth-order valence-electron chi connectivity index (χ4n) is 1.11. The molecule has 16 heavy (non-hydrogen) atoms. The standard InChI is InChI=1S/C10H20N2O3S/c1-12(2)6-4-9(13)11-8(5-7-16)10(14)15-3/h8,16H,4-7H2,1-3H3,(H,11,13). The van der Waals surface area contributed by atoms with Crippen molar-refractivity contribution in [2.75, 3.05) is 33.5 Å². The number of hydrogen-bond donors (Lipinski definition) is 2. The van der Waals surface area contributed by atoms with Gasteiger partial charge in [-0.1, -0.05) is 0 Å². The Morgan fingerprint density at radius 3 is 2.50 bits per heavy atom. The van der Waals surface area contributed by atoms with Gasteiger partial charge in [0.2, 0.25) is 5.91 Å². The Morgan fingerprint density at radius 1 is 1.44 bits per heavy atom. The van der Waals surface area contributed by atoms with Crippen molar-refractivity contribution in [1.29, 1.82) is 0 Å². The van der Waals surface area contributed by atoms with Crippen molar-refractivity contribution in [1.82, 2.24) is 10.2 Å². The average molecular weight is 248 g/mol. The fraction of sp³-hybridized carbons (Fsp3) is 0.800. The van der Waals surface area contributed by atoms with Crippen LogP contribution >= 0.6 is 12.6 Å². The molecule has 0 aliphatic rings. The number of nitrogens with one attached hydrogen (secondary N) is 1. The largest absolute Gasteiger partial charge is 0.467 e. The Bertz CT molecular complexity index is 234. The molecule has 0 saturated heterocycles. The minimum atomic E-state index is -0.586. The van der Waals surface area contributed by atoms with Gasteiger partial charge >= 0.3 is 5.97 Å². The number of carbonyl (C=O) groups excluding carboxylic acids is 2. The molecule has 0 spiro atoms. The second-order valence-electron chi connectivity index (χ2n) is 3.71. The van der Waals surface area contributed by atoms with Gasteiger partial charge in [-0.05, 0) is 26.3 Å². The van der Waals surface area contributed by atoms with Crippen molar-refractivity contribution in [3.8, 4) is 0 Å². The Morgan fingerprint density at radius 2 is 2.06 bits per heavy atom. The molecule has 0 aromatic carbocycles. The predicted molar refractivity (Wildman–Crippen MR) is 65.6 cm³/mol. The monoisotopic (exact) mass is 248 g/mol. The van der Waals surface area contributed by atoms with Gasteiger partial charge in [-0.25, -0.2) is 4.79 Å². The number of hydrogen-bond acceptors (Lipinski definition) is 5. The molecule has 0 aromatic rings. The molecule has 94 valence electrons. The minimum Gasteiger partial charge on any atom is -0.467 e. The summed E-state index contributed by atoms with van der Waals surface area (Å²) in [6.07, 6.45) is 0.844. The Labute approximate surface area is 102 Å². The lowest BCUT2D eigenvalue weighted by molar-refractivity contribution is -0.145. The molecule has 0 saturated carbocycles. The van der Waals surface area contributed by atoms with Crippen LogP contribution in [0.4, 0.5) is 0 Å². The fourth-order valence-corrected chi connectivity index (χ4v) is 1.37. The molecule has 0 heterocycles. The molecular weight excluding hydrogens is 228 g/mol. The maximum Gasteiger partial charge on any atom is 0.328 e. The molecule has 0 aromatic heterocycles. The smallest absolute Gasteiger partial charge is 0.328 e. The predicted octanol–water partition coefficient (Wildman–Crippen LogP) is -0.0842. The highest BCUT2D eigenvalue weighted by Crippen LogP contribution is 1.98. The SMILES string of the molecule is COC(=O)C(CCS)NC(=O)CCN(C)C. The van der Waals surface area contributed by atoms with Crippen LogP contribution in [0.3, 0.4) is 0 Å². The van der Waals surface area contributed by atoms with E-state index in [1.54, 1.807) is 0 Å². The zero-order chi connectivity index (χ0) is 12.6. The van der Waals surface area contributed by atoms with E-state index < -0.39 is 12.0 Å². The summed E-state index contributed by atoms with van der Waals surface area (Å²) in [4.78, 5) is 24.7. The number of esters is 1. The maximum atomic E-state index is 11.5. The van der Waals surface area contributed by atoms with Crippen LogP contribution in [0.1, 0.15) is 12.8 Å². The van der Waals surface area contributed by atoms with E-state index in [0.29, 0.717) is 25.1 Å². The van der Waals surface area contributed by atoms with Crippen LogP contribution in [-0.4, -0.2) is 56.3 Å². The van der Waals surface area contributed by atoms with E-state index in [0.717, 1.165) is 0 Å². The quantitative estimate of drug-likeness (QED) is 0.488. The molecule has 1 unspecified atom stereocenters. The number of amides is 1. The van der Waals surface area contributed by atoms with Crippen LogP contribution in [0.5, 0.6) is 0 Å². The normalized spacial score (nSPS) is 12.3. The molecule has 0 rings (SSSR count). The van der Waals surface area contributed by atoms with E-state index >= 15 is 0 Å². The van der Waals surface area contributed by atoms with Crippen LogP contribution in [0.25, 0.3) is 0 Å². The second kappa shape index (κ2) is 8.41. The van der Waals surface area contributed by atoms with Crippen LogP contribution in [0, 0.1) is 0 Å². The van der Waals surface area contributed by atoms with Gasteiger partial charge in [0.05, 0.1) is 7.11 Å². The molecule has 5 nitrogen and oxygen atoms in total. The van der Waals surface area contributed by atoms with Gasteiger partial charge in [-0.3, -0.25) is 4.79 Å². The molecular formula is C10H20N2O3S. The summed E-state index contributed by atoms with van der Waals surface area (Å²) >= 11 is 4.03. The highest BCUT2D eigenvalue weighted by molar-refractivity contribution is 7.80. The molecule has 0 bridgehead atoms. The van der Waals surface area contributed by atoms with Crippen LogP contribution in [0.2, 0.25) is 0 Å². The number of ether oxygens (including phenoxy) is 1. The molecule has 0 fully saturated rings. The molecule has 0 aliphatic heterocycles. The molecule has 1 atom stereocenters. The molecule has 6 heteroatoms. The third-order valence-electron chi connectivity index (χ3n) is 2.02. The van der Waals surface area contributed by atoms with E-state index in [1.807, 2.05) is 19.0 Å². The van der Waals surface area contributed by atoms with E-state index in [2.05, 4.69) is 22.7 Å². The summed E-state index contributed by atoms with van der Waals surface area (Å²) < 4.78 is 4.59. The summed E-state index contributed by atoms with van der Waals surface area (Å²) in [5.41, 5.74) is 0. The first kappa shape index (κ1) is 15.2. The van der Waals surface area contributed by atoms with Crippen molar-refractivity contribution in [2.24, 2.45) is 0 Å². The van der Waals surface area contributed by atoms with Crippen molar-refractivity contribution in [3.05, 3.63) is 0 Å². The number of carbonyl (C=O) groups is 2. The lowest BCUT2D eigenvalue weighted by Crippen LogP contribution is -2.42. The van der Waals surface area contributed by atoms with E-state index in [-0.39, 0.29) is 5.91 Å². The molecule has 0 aliphatic carbocycles. The summed E-state index contributed by atoms with van der Waals surface area (Å²) in [5.74, 6) is -0.0496. The number of rotatable bonds is 7. The van der Waals surface area contributed by atoms with Gasteiger partial charge in [0.25, 0.3) is 0 Å². The van der Waals surface area contributed by atoms with Crippen LogP contribution in [-0.2, 0) is 14.3 Å². The lowest BCUT2D eigenvalue weighted by Gasteiger charge is -2.16. The van der Waals surface area contributed by atoms with Crippen LogP contribution in [0.15, 0.2) is 0 Å². The lowest BCUT2D eigenvalue weighted by atomic mass is 10.2. The second-order valence-corrected chi connectivity index (χ2v) is 4.16. The Balaban J connectivity index is 4.07. The van der Waals surface area contributed by atoms with Crippen LogP contribution < -0.4 is 5.32 Å². The third kappa shape index (κ3) is 6.68. The average Bonchev–Trinajstić information content (AvgIpc) is 2.24. The highest BCUT2D eigenvalue weighted by Gasteiger charge is 2.20. The van der Waals surface area contributed by atoms with Crippen molar-refractivity contribution in [3.63, 3.8) is 0 Å². The summed E-state index contributed by atoms with van der Waals surface area (Å²) in [7, 11) is 5.08. The van der Waals surface area contributed by atoms with E-state index in [4.69, 9.17) is 0 Å². The topological polar surface area (TPSA) is 58.6 Å². The number of methoxy groups -OCH3 is 1. The zero-order valence-electron chi connectivity index (χ0n) is 10.0.